The van der Waals surface area contributed by atoms with Gasteiger partial charge in [0.2, 0.25) is 0 Å². The van der Waals surface area contributed by atoms with Gasteiger partial charge < -0.3 is 5.11 Å². The van der Waals surface area contributed by atoms with Crippen molar-refractivity contribution in [1.82, 2.24) is 4.98 Å². The van der Waals surface area contributed by atoms with E-state index in [-0.39, 0.29) is 6.42 Å². The van der Waals surface area contributed by atoms with E-state index in [1.54, 1.807) is 17.1 Å². The lowest BCUT2D eigenvalue weighted by Gasteiger charge is -1.98. The molecule has 1 N–H and O–H groups in total. The summed E-state index contributed by atoms with van der Waals surface area (Å²) in [6, 6.07) is 8.10. The largest absolute Gasteiger partial charge is 0.481 e. The monoisotopic (exact) mass is 265 g/mol. The van der Waals surface area contributed by atoms with Gasteiger partial charge in [-0.05, 0) is 18.4 Å². The highest BCUT2D eigenvalue weighted by atomic mass is 32.2. The zero-order valence-electron chi connectivity index (χ0n) is 9.21. The van der Waals surface area contributed by atoms with E-state index in [4.69, 9.17) is 5.11 Å². The Morgan fingerprint density at radius 1 is 1.41 bits per heavy atom. The number of benzene rings is 1. The van der Waals surface area contributed by atoms with Gasteiger partial charge in [0, 0.05) is 15.8 Å². The van der Waals surface area contributed by atoms with Gasteiger partial charge in [-0.25, -0.2) is 4.98 Å². The number of thioether (sulfide) groups is 1. The Morgan fingerprint density at radius 3 is 2.71 bits per heavy atom. The SMILES string of the molecule is CSc1ccc(-c2nc(CC(=O)O)cs2)cc1. The van der Waals surface area contributed by atoms with Crippen LogP contribution in [0.2, 0.25) is 0 Å². The van der Waals surface area contributed by atoms with Crippen LogP contribution in [0, 0.1) is 0 Å². The zero-order valence-corrected chi connectivity index (χ0v) is 10.8. The number of aliphatic carboxylic acids is 1. The van der Waals surface area contributed by atoms with Gasteiger partial charge in [0.25, 0.3) is 0 Å². The third kappa shape index (κ3) is 3.08. The van der Waals surface area contributed by atoms with Crippen LogP contribution in [-0.4, -0.2) is 22.3 Å². The van der Waals surface area contributed by atoms with Crippen molar-refractivity contribution < 1.29 is 9.90 Å². The van der Waals surface area contributed by atoms with E-state index in [0.717, 1.165) is 10.6 Å². The second-order valence-corrected chi connectivity index (χ2v) is 5.18. The number of aromatic nitrogens is 1. The van der Waals surface area contributed by atoms with E-state index in [9.17, 15) is 4.79 Å². The van der Waals surface area contributed by atoms with Crippen LogP contribution >= 0.6 is 23.1 Å². The topological polar surface area (TPSA) is 50.2 Å². The number of carbonyl (C=O) groups is 1. The van der Waals surface area contributed by atoms with Crippen molar-refractivity contribution in [2.75, 3.05) is 6.26 Å². The van der Waals surface area contributed by atoms with Crippen molar-refractivity contribution in [1.29, 1.82) is 0 Å². The maximum atomic E-state index is 10.6. The quantitative estimate of drug-likeness (QED) is 0.863. The Kier molecular flexibility index (Phi) is 3.81. The Hall–Kier alpha value is -1.33. The molecule has 0 unspecified atom stereocenters. The molecule has 0 amide bonds. The zero-order chi connectivity index (χ0) is 12.3. The smallest absolute Gasteiger partial charge is 0.309 e. The summed E-state index contributed by atoms with van der Waals surface area (Å²) in [6.07, 6.45) is 2.02. The third-order valence-corrected chi connectivity index (χ3v) is 3.90. The summed E-state index contributed by atoms with van der Waals surface area (Å²) in [5.41, 5.74) is 1.65. The molecule has 17 heavy (non-hydrogen) atoms. The van der Waals surface area contributed by atoms with Gasteiger partial charge in [-0.3, -0.25) is 4.79 Å². The molecule has 3 nitrogen and oxygen atoms in total. The Balaban J connectivity index is 2.21. The molecule has 0 fully saturated rings. The van der Waals surface area contributed by atoms with Crippen molar-refractivity contribution >= 4 is 29.1 Å². The molecule has 0 saturated heterocycles. The van der Waals surface area contributed by atoms with Crippen molar-refractivity contribution in [3.05, 3.63) is 35.3 Å². The van der Waals surface area contributed by atoms with Crippen LogP contribution in [0.5, 0.6) is 0 Å². The molecule has 0 atom stereocenters. The molecule has 0 spiro atoms. The number of thiazole rings is 1. The molecule has 0 aliphatic heterocycles. The summed E-state index contributed by atoms with van der Waals surface area (Å²) >= 11 is 3.17. The number of nitrogens with zero attached hydrogens (tertiary/aromatic N) is 1. The number of carboxylic acids is 1. The Bertz CT molecular complexity index is 520. The minimum absolute atomic E-state index is 0.0145. The van der Waals surface area contributed by atoms with Crippen LogP contribution in [-0.2, 0) is 11.2 Å². The average molecular weight is 265 g/mol. The van der Waals surface area contributed by atoms with Gasteiger partial charge >= 0.3 is 5.97 Å². The molecule has 2 aromatic rings. The van der Waals surface area contributed by atoms with Crippen molar-refractivity contribution in [3.63, 3.8) is 0 Å². The van der Waals surface area contributed by atoms with E-state index < -0.39 is 5.97 Å². The number of hydrogen-bond acceptors (Lipinski definition) is 4. The fourth-order valence-electron chi connectivity index (χ4n) is 1.41. The molecule has 0 aliphatic carbocycles. The lowest BCUT2D eigenvalue weighted by Crippen LogP contribution is -1.99. The number of rotatable bonds is 4. The molecule has 1 aromatic heterocycles. The predicted octanol–water partition coefficient (Wildman–Crippen LogP) is 3.16. The van der Waals surface area contributed by atoms with Crippen molar-refractivity contribution in [2.24, 2.45) is 0 Å². The van der Waals surface area contributed by atoms with Gasteiger partial charge in [-0.1, -0.05) is 12.1 Å². The standard InChI is InChI=1S/C12H11NO2S2/c1-16-10-4-2-8(3-5-10)12-13-9(7-17-12)6-11(14)15/h2-5,7H,6H2,1H3,(H,14,15). The minimum Gasteiger partial charge on any atom is -0.481 e. The minimum atomic E-state index is -0.848. The second-order valence-electron chi connectivity index (χ2n) is 3.44. The van der Waals surface area contributed by atoms with E-state index in [2.05, 4.69) is 4.98 Å². The van der Waals surface area contributed by atoms with E-state index in [1.165, 1.54) is 16.2 Å². The highest BCUT2D eigenvalue weighted by molar-refractivity contribution is 7.98. The molecule has 2 rings (SSSR count). The van der Waals surface area contributed by atoms with Gasteiger partial charge in [0.1, 0.15) is 5.01 Å². The molecule has 5 heteroatoms. The first-order valence-corrected chi connectivity index (χ1v) is 7.10. The van der Waals surface area contributed by atoms with Crippen LogP contribution in [0.15, 0.2) is 34.5 Å². The normalized spacial score (nSPS) is 10.4. The average Bonchev–Trinajstić information content (AvgIpc) is 2.77. The maximum absolute atomic E-state index is 10.6. The molecular formula is C12H11NO2S2. The highest BCUT2D eigenvalue weighted by Gasteiger charge is 2.07. The molecule has 0 aliphatic rings. The lowest BCUT2D eigenvalue weighted by atomic mass is 10.2. The third-order valence-electron chi connectivity index (χ3n) is 2.22. The van der Waals surface area contributed by atoms with E-state index >= 15 is 0 Å². The number of carboxylic acid groups (broad SMARTS) is 1. The first-order valence-electron chi connectivity index (χ1n) is 4.99. The molecule has 0 radical (unpaired) electrons. The predicted molar refractivity (Wildman–Crippen MR) is 70.7 cm³/mol. The van der Waals surface area contributed by atoms with Gasteiger partial charge in [0.05, 0.1) is 12.1 Å². The van der Waals surface area contributed by atoms with E-state index in [1.807, 2.05) is 30.5 Å². The summed E-state index contributed by atoms with van der Waals surface area (Å²) in [5, 5.41) is 11.3. The fraction of sp³-hybridized carbons (Fsp3) is 0.167. The van der Waals surface area contributed by atoms with Crippen LogP contribution in [0.1, 0.15) is 5.69 Å². The van der Waals surface area contributed by atoms with Crippen molar-refractivity contribution in [2.45, 2.75) is 11.3 Å². The van der Waals surface area contributed by atoms with Crippen LogP contribution in [0.4, 0.5) is 0 Å². The summed E-state index contributed by atoms with van der Waals surface area (Å²) in [7, 11) is 0. The molecule has 0 bridgehead atoms. The van der Waals surface area contributed by atoms with Gasteiger partial charge in [-0.2, -0.15) is 0 Å². The number of hydrogen-bond donors (Lipinski definition) is 1. The molecular weight excluding hydrogens is 254 g/mol. The Morgan fingerprint density at radius 2 is 2.12 bits per heavy atom. The van der Waals surface area contributed by atoms with Gasteiger partial charge in [0.15, 0.2) is 0 Å². The summed E-state index contributed by atoms with van der Waals surface area (Å²) in [5.74, 6) is -0.848. The molecule has 1 heterocycles. The van der Waals surface area contributed by atoms with Gasteiger partial charge in [-0.15, -0.1) is 23.1 Å². The van der Waals surface area contributed by atoms with Crippen LogP contribution in [0.25, 0.3) is 10.6 Å². The highest BCUT2D eigenvalue weighted by Crippen LogP contribution is 2.26. The molecule has 0 saturated carbocycles. The van der Waals surface area contributed by atoms with E-state index in [0.29, 0.717) is 5.69 Å². The first kappa shape index (κ1) is 12.1. The summed E-state index contributed by atoms with van der Waals surface area (Å²) in [4.78, 5) is 16.1. The maximum Gasteiger partial charge on any atom is 0.309 e. The van der Waals surface area contributed by atoms with Crippen LogP contribution < -0.4 is 0 Å². The van der Waals surface area contributed by atoms with Crippen LogP contribution in [0.3, 0.4) is 0 Å². The lowest BCUT2D eigenvalue weighted by molar-refractivity contribution is -0.136. The second kappa shape index (κ2) is 5.33. The first-order chi connectivity index (χ1) is 8.19. The molecule has 88 valence electrons. The Labute approximate surface area is 108 Å². The summed E-state index contributed by atoms with van der Waals surface area (Å²) < 4.78 is 0. The summed E-state index contributed by atoms with van der Waals surface area (Å²) in [6.45, 7) is 0. The molecule has 1 aromatic carbocycles. The fourth-order valence-corrected chi connectivity index (χ4v) is 2.64. The van der Waals surface area contributed by atoms with Crippen molar-refractivity contribution in [3.8, 4) is 10.6 Å².